The van der Waals surface area contributed by atoms with Crippen molar-refractivity contribution in [3.63, 3.8) is 0 Å². The first-order chi connectivity index (χ1) is 9.97. The summed E-state index contributed by atoms with van der Waals surface area (Å²) >= 11 is 5.31. The van der Waals surface area contributed by atoms with E-state index in [-0.39, 0.29) is 0 Å². The zero-order valence-electron chi connectivity index (χ0n) is 13.0. The van der Waals surface area contributed by atoms with Gasteiger partial charge in [0.25, 0.3) is 0 Å². The Morgan fingerprint density at radius 1 is 1.24 bits per heavy atom. The molecule has 0 bridgehead atoms. The standard InChI is InChI=1S/C16H22N4S/c1-11(2)17-16(21)18-15-12(3)19-20(13(15)4)10-14-8-6-5-7-9-14/h5-9,11H,10H2,1-4H3,(H2,17,18,21). The number of rotatable bonds is 4. The lowest BCUT2D eigenvalue weighted by Crippen LogP contribution is -2.34. The van der Waals surface area contributed by atoms with Crippen molar-refractivity contribution in [3.05, 3.63) is 47.3 Å². The van der Waals surface area contributed by atoms with Gasteiger partial charge in [0.05, 0.1) is 23.6 Å². The van der Waals surface area contributed by atoms with Crippen LogP contribution in [0.2, 0.25) is 0 Å². The molecule has 21 heavy (non-hydrogen) atoms. The third-order valence-corrected chi connectivity index (χ3v) is 3.43. The summed E-state index contributed by atoms with van der Waals surface area (Å²) in [4.78, 5) is 0. The Morgan fingerprint density at radius 3 is 2.52 bits per heavy atom. The molecule has 2 rings (SSSR count). The van der Waals surface area contributed by atoms with Crippen LogP contribution in [0, 0.1) is 13.8 Å². The average Bonchev–Trinajstić information content (AvgIpc) is 2.67. The van der Waals surface area contributed by atoms with E-state index >= 15 is 0 Å². The van der Waals surface area contributed by atoms with Gasteiger partial charge in [0.1, 0.15) is 0 Å². The normalized spacial score (nSPS) is 10.7. The summed E-state index contributed by atoms with van der Waals surface area (Å²) in [6.45, 7) is 8.94. The second-order valence-corrected chi connectivity index (χ2v) is 5.85. The van der Waals surface area contributed by atoms with Crippen LogP contribution in [-0.2, 0) is 6.54 Å². The first kappa shape index (κ1) is 15.5. The van der Waals surface area contributed by atoms with Crippen LogP contribution < -0.4 is 10.6 Å². The van der Waals surface area contributed by atoms with Crippen LogP contribution in [0.25, 0.3) is 0 Å². The summed E-state index contributed by atoms with van der Waals surface area (Å²) in [5, 5.41) is 11.7. The molecule has 0 aliphatic heterocycles. The topological polar surface area (TPSA) is 41.9 Å². The molecule has 0 aliphatic carbocycles. The van der Waals surface area contributed by atoms with Gasteiger partial charge in [-0.1, -0.05) is 30.3 Å². The highest BCUT2D eigenvalue weighted by Crippen LogP contribution is 2.20. The van der Waals surface area contributed by atoms with E-state index in [2.05, 4.69) is 48.6 Å². The third kappa shape index (κ3) is 4.04. The van der Waals surface area contributed by atoms with Crippen LogP contribution in [0.15, 0.2) is 30.3 Å². The first-order valence-corrected chi connectivity index (χ1v) is 7.53. The van der Waals surface area contributed by atoms with Gasteiger partial charge in [-0.05, 0) is 45.5 Å². The lowest BCUT2D eigenvalue weighted by atomic mass is 10.2. The zero-order chi connectivity index (χ0) is 15.4. The second-order valence-electron chi connectivity index (χ2n) is 5.44. The molecule has 0 aliphatic rings. The molecule has 112 valence electrons. The monoisotopic (exact) mass is 302 g/mol. The predicted molar refractivity (Wildman–Crippen MR) is 91.7 cm³/mol. The fraction of sp³-hybridized carbons (Fsp3) is 0.375. The van der Waals surface area contributed by atoms with Crippen molar-refractivity contribution in [2.45, 2.75) is 40.3 Å². The van der Waals surface area contributed by atoms with Crippen molar-refractivity contribution in [2.75, 3.05) is 5.32 Å². The summed E-state index contributed by atoms with van der Waals surface area (Å²) in [7, 11) is 0. The fourth-order valence-corrected chi connectivity index (χ4v) is 2.54. The molecule has 0 saturated heterocycles. The van der Waals surface area contributed by atoms with Crippen LogP contribution in [0.5, 0.6) is 0 Å². The van der Waals surface area contributed by atoms with Gasteiger partial charge >= 0.3 is 0 Å². The maximum Gasteiger partial charge on any atom is 0.171 e. The highest BCUT2D eigenvalue weighted by atomic mass is 32.1. The summed E-state index contributed by atoms with van der Waals surface area (Å²) in [6, 6.07) is 10.6. The molecule has 2 aromatic rings. The van der Waals surface area contributed by atoms with Crippen molar-refractivity contribution in [1.82, 2.24) is 15.1 Å². The molecule has 5 heteroatoms. The minimum Gasteiger partial charge on any atom is -0.360 e. The Morgan fingerprint density at radius 2 is 1.90 bits per heavy atom. The minimum atomic E-state index is 0.310. The Balaban J connectivity index is 2.16. The molecule has 0 amide bonds. The molecular formula is C16H22N4S. The molecular weight excluding hydrogens is 280 g/mol. The Hall–Kier alpha value is -1.88. The molecule has 4 nitrogen and oxygen atoms in total. The average molecular weight is 302 g/mol. The van der Waals surface area contributed by atoms with E-state index in [9.17, 15) is 0 Å². The summed E-state index contributed by atoms with van der Waals surface area (Å²) in [6.07, 6.45) is 0. The van der Waals surface area contributed by atoms with E-state index in [0.717, 1.165) is 23.6 Å². The van der Waals surface area contributed by atoms with Gasteiger partial charge in [0.15, 0.2) is 5.11 Å². The largest absolute Gasteiger partial charge is 0.360 e. The molecule has 0 spiro atoms. The minimum absolute atomic E-state index is 0.310. The van der Waals surface area contributed by atoms with E-state index in [1.54, 1.807) is 0 Å². The molecule has 1 aromatic heterocycles. The lowest BCUT2D eigenvalue weighted by Gasteiger charge is -2.13. The van der Waals surface area contributed by atoms with Crippen molar-refractivity contribution in [3.8, 4) is 0 Å². The van der Waals surface area contributed by atoms with Crippen LogP contribution in [0.3, 0.4) is 0 Å². The van der Waals surface area contributed by atoms with E-state index in [0.29, 0.717) is 11.2 Å². The smallest absolute Gasteiger partial charge is 0.171 e. The van der Waals surface area contributed by atoms with Crippen LogP contribution in [-0.4, -0.2) is 20.9 Å². The van der Waals surface area contributed by atoms with Gasteiger partial charge < -0.3 is 10.6 Å². The highest BCUT2D eigenvalue weighted by Gasteiger charge is 2.13. The molecule has 2 N–H and O–H groups in total. The lowest BCUT2D eigenvalue weighted by molar-refractivity contribution is 0.659. The number of aryl methyl sites for hydroxylation is 1. The predicted octanol–water partition coefficient (Wildman–Crippen LogP) is 3.24. The maximum atomic E-state index is 5.31. The van der Waals surface area contributed by atoms with Crippen molar-refractivity contribution in [1.29, 1.82) is 0 Å². The summed E-state index contributed by atoms with van der Waals surface area (Å²) < 4.78 is 2.00. The fourth-order valence-electron chi connectivity index (χ4n) is 2.20. The van der Waals surface area contributed by atoms with Gasteiger partial charge in [-0.2, -0.15) is 5.10 Å². The van der Waals surface area contributed by atoms with Crippen LogP contribution in [0.4, 0.5) is 5.69 Å². The number of anilines is 1. The number of hydrogen-bond acceptors (Lipinski definition) is 2. The van der Waals surface area contributed by atoms with Gasteiger partial charge in [-0.15, -0.1) is 0 Å². The molecule has 0 saturated carbocycles. The van der Waals surface area contributed by atoms with Gasteiger partial charge in [0.2, 0.25) is 0 Å². The maximum absolute atomic E-state index is 5.31. The van der Waals surface area contributed by atoms with Crippen molar-refractivity contribution >= 4 is 23.0 Å². The summed E-state index contributed by atoms with van der Waals surface area (Å²) in [5.74, 6) is 0. The van der Waals surface area contributed by atoms with Gasteiger partial charge in [-0.25, -0.2) is 0 Å². The Labute approximate surface area is 131 Å². The molecule has 0 fully saturated rings. The number of aromatic nitrogens is 2. The molecule has 0 radical (unpaired) electrons. The van der Waals surface area contributed by atoms with Crippen molar-refractivity contribution < 1.29 is 0 Å². The van der Waals surface area contributed by atoms with Gasteiger partial charge in [-0.3, -0.25) is 4.68 Å². The van der Waals surface area contributed by atoms with E-state index in [1.807, 2.05) is 29.8 Å². The number of nitrogens with one attached hydrogen (secondary N) is 2. The molecule has 0 unspecified atom stereocenters. The molecule has 1 heterocycles. The van der Waals surface area contributed by atoms with E-state index in [1.165, 1.54) is 5.56 Å². The number of benzene rings is 1. The summed E-state index contributed by atoms with van der Waals surface area (Å²) in [5.41, 5.74) is 4.27. The van der Waals surface area contributed by atoms with Crippen LogP contribution in [0.1, 0.15) is 30.8 Å². The van der Waals surface area contributed by atoms with E-state index < -0.39 is 0 Å². The third-order valence-electron chi connectivity index (χ3n) is 3.21. The van der Waals surface area contributed by atoms with E-state index in [4.69, 9.17) is 12.2 Å². The highest BCUT2D eigenvalue weighted by molar-refractivity contribution is 7.80. The SMILES string of the molecule is Cc1nn(Cc2ccccc2)c(C)c1NC(=S)NC(C)C. The first-order valence-electron chi connectivity index (χ1n) is 7.13. The Bertz CT molecular complexity index is 617. The van der Waals surface area contributed by atoms with Crippen molar-refractivity contribution in [2.24, 2.45) is 0 Å². The number of thiocarbonyl (C=S) groups is 1. The quantitative estimate of drug-likeness (QED) is 0.851. The molecule has 1 aromatic carbocycles. The second kappa shape index (κ2) is 6.72. The number of hydrogen-bond donors (Lipinski definition) is 2. The molecule has 0 atom stereocenters. The Kier molecular flexibility index (Phi) is 4.96. The van der Waals surface area contributed by atoms with Crippen LogP contribution >= 0.6 is 12.2 Å². The number of nitrogens with zero attached hydrogens (tertiary/aromatic N) is 2. The zero-order valence-corrected chi connectivity index (χ0v) is 13.8. The van der Waals surface area contributed by atoms with Gasteiger partial charge in [0, 0.05) is 6.04 Å².